The fourth-order valence-corrected chi connectivity index (χ4v) is 4.95. The smallest absolute Gasteiger partial charge is 0.260 e. The molecule has 1 atom stereocenters. The Morgan fingerprint density at radius 3 is 2.59 bits per heavy atom. The van der Waals surface area contributed by atoms with E-state index in [2.05, 4.69) is 12.1 Å². The third kappa shape index (κ3) is 4.83. The van der Waals surface area contributed by atoms with Crippen molar-refractivity contribution in [2.45, 2.75) is 24.0 Å². The lowest BCUT2D eigenvalue weighted by Gasteiger charge is -2.23. The Balaban J connectivity index is 1.84. The Morgan fingerprint density at radius 2 is 2.00 bits per heavy atom. The quantitative estimate of drug-likeness (QED) is 0.863. The van der Waals surface area contributed by atoms with Gasteiger partial charge < -0.3 is 15.4 Å². The monoisotopic (exact) mass is 340 g/mol. The van der Waals surface area contributed by atoms with Crippen LogP contribution in [-0.2, 0) is 4.79 Å². The van der Waals surface area contributed by atoms with E-state index in [1.807, 2.05) is 42.6 Å². The number of amides is 1. The molecule has 22 heavy (non-hydrogen) atoms. The van der Waals surface area contributed by atoms with Crippen LogP contribution in [0.5, 0.6) is 5.75 Å². The van der Waals surface area contributed by atoms with Crippen LogP contribution in [-0.4, -0.2) is 48.6 Å². The van der Waals surface area contributed by atoms with Crippen molar-refractivity contribution in [1.82, 2.24) is 4.90 Å². The summed E-state index contributed by atoms with van der Waals surface area (Å²) < 4.78 is 6.11. The number of carbonyl (C=O) groups is 1. The van der Waals surface area contributed by atoms with Crippen LogP contribution in [0.4, 0.5) is 0 Å². The molecule has 4 nitrogen and oxygen atoms in total. The Bertz CT molecular complexity index is 476. The molecule has 1 aliphatic heterocycles. The molecule has 0 aromatic heterocycles. The molecule has 1 saturated heterocycles. The summed E-state index contributed by atoms with van der Waals surface area (Å²) in [6.45, 7) is 2.42. The number of rotatable bonds is 6. The second-order valence-electron chi connectivity index (χ2n) is 5.37. The molecule has 1 aromatic carbocycles. The Hall–Kier alpha value is -0.850. The largest absolute Gasteiger partial charge is 0.484 e. The summed E-state index contributed by atoms with van der Waals surface area (Å²) in [5.74, 6) is 3.14. The first-order chi connectivity index (χ1) is 10.6. The number of thioether (sulfide) groups is 2. The first-order valence-electron chi connectivity index (χ1n) is 7.53. The topological polar surface area (TPSA) is 55.6 Å². The van der Waals surface area contributed by atoms with Gasteiger partial charge in [0.15, 0.2) is 6.61 Å². The number of hydrogen-bond donors (Lipinski definition) is 1. The van der Waals surface area contributed by atoms with Gasteiger partial charge in [-0.3, -0.25) is 4.79 Å². The fraction of sp³-hybridized carbons (Fsp3) is 0.562. The summed E-state index contributed by atoms with van der Waals surface area (Å²) in [5, 5.41) is 0. The van der Waals surface area contributed by atoms with Gasteiger partial charge in [0.1, 0.15) is 5.75 Å². The van der Waals surface area contributed by atoms with Crippen LogP contribution < -0.4 is 10.5 Å². The zero-order chi connectivity index (χ0) is 15.9. The first-order valence-corrected chi connectivity index (χ1v) is 9.63. The first kappa shape index (κ1) is 17.5. The third-order valence-corrected chi connectivity index (χ3v) is 6.75. The molecular weight excluding hydrogens is 316 g/mol. The van der Waals surface area contributed by atoms with Gasteiger partial charge in [0.05, 0.1) is 4.58 Å². The maximum atomic E-state index is 12.0. The van der Waals surface area contributed by atoms with Gasteiger partial charge in [-0.1, -0.05) is 12.1 Å². The van der Waals surface area contributed by atoms with E-state index >= 15 is 0 Å². The Labute approximate surface area is 141 Å². The highest BCUT2D eigenvalue weighted by Gasteiger charge is 2.17. The van der Waals surface area contributed by atoms with Gasteiger partial charge in [-0.05, 0) is 42.5 Å². The normalized spacial score (nSPS) is 17.0. The van der Waals surface area contributed by atoms with Gasteiger partial charge in [-0.15, -0.1) is 23.5 Å². The summed E-state index contributed by atoms with van der Waals surface area (Å²) in [4.78, 5) is 13.6. The van der Waals surface area contributed by atoms with E-state index < -0.39 is 0 Å². The average molecular weight is 341 g/mol. The summed E-state index contributed by atoms with van der Waals surface area (Å²) in [6.07, 6.45) is 1.30. The molecule has 1 fully saturated rings. The lowest BCUT2D eigenvalue weighted by molar-refractivity contribution is -0.133. The molecule has 2 rings (SSSR count). The standard InChI is InChI=1S/C16H24N2O2S2/c1-12(10-17)18(2)15(19)11-20-14-6-4-13(5-7-14)16-21-8-3-9-22-16/h4-7,12,16H,3,8-11,17H2,1-2H3. The number of nitrogens with zero attached hydrogens (tertiary/aromatic N) is 1. The highest BCUT2D eigenvalue weighted by atomic mass is 32.2. The minimum atomic E-state index is -0.0552. The van der Waals surface area contributed by atoms with E-state index in [4.69, 9.17) is 10.5 Å². The third-order valence-electron chi connectivity index (χ3n) is 3.74. The number of nitrogens with two attached hydrogens (primary N) is 1. The van der Waals surface area contributed by atoms with Crippen molar-refractivity contribution >= 4 is 29.4 Å². The van der Waals surface area contributed by atoms with Crippen LogP contribution in [0.25, 0.3) is 0 Å². The van der Waals surface area contributed by atoms with Gasteiger partial charge in [0, 0.05) is 19.6 Å². The average Bonchev–Trinajstić information content (AvgIpc) is 2.59. The van der Waals surface area contributed by atoms with Gasteiger partial charge in [0.25, 0.3) is 5.91 Å². The van der Waals surface area contributed by atoms with Gasteiger partial charge in [-0.2, -0.15) is 0 Å². The van der Waals surface area contributed by atoms with E-state index in [0.29, 0.717) is 11.1 Å². The SMILES string of the molecule is CC(CN)N(C)C(=O)COc1ccc(C2SCCCS2)cc1. The predicted molar refractivity (Wildman–Crippen MR) is 95.5 cm³/mol. The van der Waals surface area contributed by atoms with Crippen LogP contribution in [0.3, 0.4) is 0 Å². The second-order valence-corrected chi connectivity index (χ2v) is 8.10. The van der Waals surface area contributed by atoms with E-state index in [0.717, 1.165) is 5.75 Å². The molecule has 122 valence electrons. The molecule has 1 aromatic rings. The molecule has 6 heteroatoms. The summed E-state index contributed by atoms with van der Waals surface area (Å²) in [5.41, 5.74) is 6.89. The molecule has 0 spiro atoms. The van der Waals surface area contributed by atoms with Crippen LogP contribution in [0.1, 0.15) is 23.5 Å². The van der Waals surface area contributed by atoms with Crippen LogP contribution in [0.15, 0.2) is 24.3 Å². The molecule has 0 aliphatic carbocycles. The van der Waals surface area contributed by atoms with E-state index in [9.17, 15) is 4.79 Å². The summed E-state index contributed by atoms with van der Waals surface area (Å²) >= 11 is 4.00. The molecule has 1 unspecified atom stereocenters. The molecule has 0 radical (unpaired) electrons. The molecule has 1 amide bonds. The van der Waals surface area contributed by atoms with Crippen molar-refractivity contribution < 1.29 is 9.53 Å². The van der Waals surface area contributed by atoms with Crippen LogP contribution >= 0.6 is 23.5 Å². The number of likely N-dealkylation sites (N-methyl/N-ethyl adjacent to an activating group) is 1. The van der Waals surface area contributed by atoms with Crippen molar-refractivity contribution in [3.63, 3.8) is 0 Å². The Morgan fingerprint density at radius 1 is 1.36 bits per heavy atom. The molecule has 1 aliphatic rings. The van der Waals surface area contributed by atoms with E-state index in [1.54, 1.807) is 11.9 Å². The number of hydrogen-bond acceptors (Lipinski definition) is 5. The summed E-state index contributed by atoms with van der Waals surface area (Å²) in [6, 6.07) is 8.12. The zero-order valence-corrected chi connectivity index (χ0v) is 14.8. The van der Waals surface area contributed by atoms with Crippen molar-refractivity contribution in [3.8, 4) is 5.75 Å². The highest BCUT2D eigenvalue weighted by molar-refractivity contribution is 8.16. The fourth-order valence-electron chi connectivity index (χ4n) is 2.05. The zero-order valence-electron chi connectivity index (χ0n) is 13.2. The van der Waals surface area contributed by atoms with Crippen molar-refractivity contribution in [3.05, 3.63) is 29.8 Å². The summed E-state index contributed by atoms with van der Waals surface area (Å²) in [7, 11) is 1.75. The van der Waals surface area contributed by atoms with E-state index in [-0.39, 0.29) is 18.6 Å². The molecule has 0 bridgehead atoms. The van der Waals surface area contributed by atoms with Crippen LogP contribution in [0.2, 0.25) is 0 Å². The van der Waals surface area contributed by atoms with Gasteiger partial charge in [0.2, 0.25) is 0 Å². The van der Waals surface area contributed by atoms with Gasteiger partial charge >= 0.3 is 0 Å². The lowest BCUT2D eigenvalue weighted by Crippen LogP contribution is -2.42. The predicted octanol–water partition coefficient (Wildman–Crippen LogP) is 2.74. The van der Waals surface area contributed by atoms with Gasteiger partial charge in [-0.25, -0.2) is 0 Å². The molecule has 2 N–H and O–H groups in total. The number of benzene rings is 1. The van der Waals surface area contributed by atoms with Crippen molar-refractivity contribution in [1.29, 1.82) is 0 Å². The van der Waals surface area contributed by atoms with E-state index in [1.165, 1.54) is 23.5 Å². The molecule has 0 saturated carbocycles. The van der Waals surface area contributed by atoms with Crippen LogP contribution in [0, 0.1) is 0 Å². The van der Waals surface area contributed by atoms with Crippen molar-refractivity contribution in [2.24, 2.45) is 5.73 Å². The molecule has 1 heterocycles. The minimum absolute atomic E-state index is 0.0267. The van der Waals surface area contributed by atoms with Crippen molar-refractivity contribution in [2.75, 3.05) is 31.7 Å². The minimum Gasteiger partial charge on any atom is -0.484 e. The lowest BCUT2D eigenvalue weighted by atomic mass is 10.2. The highest BCUT2D eigenvalue weighted by Crippen LogP contribution is 2.43. The maximum Gasteiger partial charge on any atom is 0.260 e. The number of carbonyl (C=O) groups excluding carboxylic acids is 1. The Kier molecular flexibility index (Phi) is 6.92. The molecular formula is C16H24N2O2S2. The number of ether oxygens (including phenoxy) is 1. The maximum absolute atomic E-state index is 12.0. The second kappa shape index (κ2) is 8.70.